The van der Waals surface area contributed by atoms with E-state index >= 15 is 4.39 Å². The van der Waals surface area contributed by atoms with Crippen molar-refractivity contribution in [1.29, 1.82) is 0 Å². The number of benzene rings is 1. The van der Waals surface area contributed by atoms with Crippen molar-refractivity contribution in [3.8, 4) is 11.8 Å². The lowest BCUT2D eigenvalue weighted by Crippen LogP contribution is -2.23. The maximum Gasteiger partial charge on any atom is 0.326 e. The summed E-state index contributed by atoms with van der Waals surface area (Å²) in [6.07, 6.45) is 4.85. The smallest absolute Gasteiger partial charge is 0.326 e. The highest BCUT2D eigenvalue weighted by molar-refractivity contribution is 5.82. The summed E-state index contributed by atoms with van der Waals surface area (Å²) in [6.45, 7) is 5.29. The summed E-state index contributed by atoms with van der Waals surface area (Å²) in [5, 5.41) is 10.8. The standard InChI is InChI=1S/C24H26FN7O2/c1-4-5-15-11-21(31-30-15)27-20-12-22(32-9-8-16(13-32)33-3)29-24(28-20)34-19-7-6-18-17(23(19)25)10-14(2)26-18/h4-7,10-12,16,26H,8-9,13H2,1-3H3,(H2,27,28,29,30,31)/b5-4+. The average Bonchev–Trinajstić information content (AvgIpc) is 3.56. The van der Waals surface area contributed by atoms with E-state index < -0.39 is 5.82 Å². The Kier molecular flexibility index (Phi) is 5.89. The summed E-state index contributed by atoms with van der Waals surface area (Å²) >= 11 is 0. The van der Waals surface area contributed by atoms with Crippen molar-refractivity contribution in [2.24, 2.45) is 0 Å². The summed E-state index contributed by atoms with van der Waals surface area (Å²) in [5.41, 5.74) is 2.43. The zero-order valence-corrected chi connectivity index (χ0v) is 19.2. The van der Waals surface area contributed by atoms with Crippen molar-refractivity contribution in [3.63, 3.8) is 0 Å². The second-order valence-corrected chi connectivity index (χ2v) is 8.21. The topological polar surface area (TPSA) is 104 Å². The van der Waals surface area contributed by atoms with Gasteiger partial charge >= 0.3 is 6.01 Å². The first kappa shape index (κ1) is 21.9. The molecule has 1 aromatic carbocycles. The van der Waals surface area contributed by atoms with Gasteiger partial charge in [-0.25, -0.2) is 4.39 Å². The molecule has 5 rings (SSSR count). The number of allylic oxidation sites excluding steroid dienone is 1. The summed E-state index contributed by atoms with van der Waals surface area (Å²) in [6, 6.07) is 8.82. The van der Waals surface area contributed by atoms with Gasteiger partial charge in [0.2, 0.25) is 0 Å². The van der Waals surface area contributed by atoms with E-state index in [9.17, 15) is 0 Å². The highest BCUT2D eigenvalue weighted by Crippen LogP contribution is 2.32. The molecule has 1 aliphatic rings. The Morgan fingerprint density at radius 3 is 2.88 bits per heavy atom. The predicted octanol–water partition coefficient (Wildman–Crippen LogP) is 4.92. The van der Waals surface area contributed by atoms with Gasteiger partial charge in [-0.15, -0.1) is 0 Å². The number of aromatic nitrogens is 5. The summed E-state index contributed by atoms with van der Waals surface area (Å²) in [4.78, 5) is 14.3. The van der Waals surface area contributed by atoms with Crippen molar-refractivity contribution in [1.82, 2.24) is 25.1 Å². The number of H-pyrrole nitrogens is 2. The van der Waals surface area contributed by atoms with Crippen LogP contribution in [0, 0.1) is 12.7 Å². The fourth-order valence-electron chi connectivity index (χ4n) is 4.08. The van der Waals surface area contributed by atoms with E-state index in [1.54, 1.807) is 25.3 Å². The highest BCUT2D eigenvalue weighted by Gasteiger charge is 2.25. The van der Waals surface area contributed by atoms with Crippen LogP contribution in [0.3, 0.4) is 0 Å². The largest absolute Gasteiger partial charge is 0.421 e. The molecule has 4 heterocycles. The van der Waals surface area contributed by atoms with Crippen LogP contribution < -0.4 is 15.0 Å². The number of nitrogens with zero attached hydrogens (tertiary/aromatic N) is 4. The molecule has 1 saturated heterocycles. The average molecular weight is 464 g/mol. The second-order valence-electron chi connectivity index (χ2n) is 8.21. The molecular weight excluding hydrogens is 437 g/mol. The molecule has 0 radical (unpaired) electrons. The molecule has 1 atom stereocenters. The first-order valence-corrected chi connectivity index (χ1v) is 11.1. The predicted molar refractivity (Wildman–Crippen MR) is 129 cm³/mol. The molecule has 0 spiro atoms. The molecule has 10 heteroatoms. The number of nitrogens with one attached hydrogen (secondary N) is 3. The van der Waals surface area contributed by atoms with E-state index in [1.165, 1.54) is 0 Å². The van der Waals surface area contributed by atoms with Crippen LogP contribution in [0.2, 0.25) is 0 Å². The zero-order valence-electron chi connectivity index (χ0n) is 19.2. The van der Waals surface area contributed by atoms with Gasteiger partial charge in [0.25, 0.3) is 0 Å². The number of methoxy groups -OCH3 is 1. The molecule has 0 bridgehead atoms. The van der Waals surface area contributed by atoms with Gasteiger partial charge < -0.3 is 24.7 Å². The Bertz CT molecular complexity index is 1350. The van der Waals surface area contributed by atoms with Crippen molar-refractivity contribution >= 4 is 34.4 Å². The van der Waals surface area contributed by atoms with E-state index in [4.69, 9.17) is 9.47 Å². The summed E-state index contributed by atoms with van der Waals surface area (Å²) in [5.74, 6) is 1.33. The van der Waals surface area contributed by atoms with Crippen LogP contribution in [0.15, 0.2) is 36.4 Å². The highest BCUT2D eigenvalue weighted by atomic mass is 19.1. The number of halogens is 1. The number of hydrogen-bond acceptors (Lipinski definition) is 7. The van der Waals surface area contributed by atoms with Gasteiger partial charge in [0, 0.05) is 48.9 Å². The van der Waals surface area contributed by atoms with Gasteiger partial charge in [0.15, 0.2) is 17.4 Å². The van der Waals surface area contributed by atoms with E-state index in [0.717, 1.165) is 24.4 Å². The second kappa shape index (κ2) is 9.14. The van der Waals surface area contributed by atoms with Crippen LogP contribution in [-0.4, -0.2) is 51.5 Å². The molecule has 34 heavy (non-hydrogen) atoms. The van der Waals surface area contributed by atoms with E-state index in [-0.39, 0.29) is 17.9 Å². The lowest BCUT2D eigenvalue weighted by Gasteiger charge is -2.19. The molecule has 1 unspecified atom stereocenters. The third-order valence-electron chi connectivity index (χ3n) is 5.73. The number of hydrogen-bond donors (Lipinski definition) is 3. The fourth-order valence-corrected chi connectivity index (χ4v) is 4.08. The van der Waals surface area contributed by atoms with Crippen molar-refractivity contribution < 1.29 is 13.9 Å². The minimum atomic E-state index is -0.464. The molecule has 9 nitrogen and oxygen atoms in total. The molecule has 3 aromatic heterocycles. The molecule has 0 amide bonds. The van der Waals surface area contributed by atoms with Crippen molar-refractivity contribution in [2.75, 3.05) is 30.4 Å². The lowest BCUT2D eigenvalue weighted by molar-refractivity contribution is 0.121. The summed E-state index contributed by atoms with van der Waals surface area (Å²) in [7, 11) is 1.71. The molecule has 4 aromatic rings. The van der Waals surface area contributed by atoms with E-state index in [1.807, 2.05) is 38.1 Å². The van der Waals surface area contributed by atoms with Crippen LogP contribution in [0.1, 0.15) is 24.7 Å². The third-order valence-corrected chi connectivity index (χ3v) is 5.73. The Morgan fingerprint density at radius 1 is 1.21 bits per heavy atom. The number of aryl methyl sites for hydroxylation is 1. The first-order valence-electron chi connectivity index (χ1n) is 11.1. The molecule has 1 aliphatic heterocycles. The van der Waals surface area contributed by atoms with Crippen LogP contribution in [0.4, 0.5) is 21.8 Å². The third kappa shape index (κ3) is 4.44. The van der Waals surface area contributed by atoms with Gasteiger partial charge in [-0.1, -0.05) is 6.08 Å². The molecule has 0 aliphatic carbocycles. The van der Waals surface area contributed by atoms with E-state index in [2.05, 4.69) is 35.4 Å². The fraction of sp³-hybridized carbons (Fsp3) is 0.292. The molecule has 3 N–H and O–H groups in total. The number of rotatable bonds is 7. The maximum atomic E-state index is 15.1. The molecule has 0 saturated carbocycles. The zero-order chi connectivity index (χ0) is 23.7. The van der Waals surface area contributed by atoms with Crippen molar-refractivity contribution in [2.45, 2.75) is 26.4 Å². The van der Waals surface area contributed by atoms with Crippen LogP contribution >= 0.6 is 0 Å². The monoisotopic (exact) mass is 463 g/mol. The Hall–Kier alpha value is -3.92. The Labute approximate surface area is 196 Å². The number of ether oxygens (including phenoxy) is 2. The van der Waals surface area contributed by atoms with Crippen LogP contribution in [0.5, 0.6) is 11.8 Å². The quantitative estimate of drug-likeness (QED) is 0.357. The van der Waals surface area contributed by atoms with Crippen LogP contribution in [-0.2, 0) is 4.74 Å². The molecular formula is C24H26FN7O2. The molecule has 176 valence electrons. The normalized spacial score (nSPS) is 16.1. The Balaban J connectivity index is 1.48. The maximum absolute atomic E-state index is 15.1. The van der Waals surface area contributed by atoms with Gasteiger partial charge in [0.1, 0.15) is 11.6 Å². The summed E-state index contributed by atoms with van der Waals surface area (Å²) < 4.78 is 26.5. The first-order chi connectivity index (χ1) is 16.5. The van der Waals surface area contributed by atoms with Crippen molar-refractivity contribution in [3.05, 3.63) is 53.6 Å². The van der Waals surface area contributed by atoms with Crippen LogP contribution in [0.25, 0.3) is 17.0 Å². The van der Waals surface area contributed by atoms with Gasteiger partial charge in [-0.05, 0) is 44.5 Å². The Morgan fingerprint density at radius 2 is 2.09 bits per heavy atom. The van der Waals surface area contributed by atoms with E-state index in [0.29, 0.717) is 34.9 Å². The van der Waals surface area contributed by atoms with Gasteiger partial charge in [-0.2, -0.15) is 15.1 Å². The van der Waals surface area contributed by atoms with Gasteiger partial charge in [0.05, 0.1) is 11.8 Å². The SMILES string of the molecule is C/C=C/c1cc(Nc2cc(N3CCC(OC)C3)nc(Oc3ccc4[nH]c(C)cc4c3F)n2)n[nH]1. The molecule has 1 fully saturated rings. The number of fused-ring (bicyclic) bond motifs is 1. The number of anilines is 3. The lowest BCUT2D eigenvalue weighted by atomic mass is 10.2. The number of aromatic amines is 2. The minimum Gasteiger partial charge on any atom is -0.421 e. The van der Waals surface area contributed by atoms with Gasteiger partial charge in [-0.3, -0.25) is 5.10 Å². The minimum absolute atomic E-state index is 0.0376.